The van der Waals surface area contributed by atoms with Crippen molar-refractivity contribution < 1.29 is 4.79 Å². The summed E-state index contributed by atoms with van der Waals surface area (Å²) in [7, 11) is 0. The third-order valence-electron chi connectivity index (χ3n) is 2.48. The van der Waals surface area contributed by atoms with Gasteiger partial charge in [0.15, 0.2) is 5.65 Å². The van der Waals surface area contributed by atoms with Gasteiger partial charge in [-0.1, -0.05) is 0 Å². The lowest BCUT2D eigenvalue weighted by Crippen LogP contribution is -2.41. The van der Waals surface area contributed by atoms with Crippen molar-refractivity contribution >= 4 is 17.4 Å². The molecule has 0 saturated carbocycles. The van der Waals surface area contributed by atoms with Crippen molar-refractivity contribution in [2.45, 2.75) is 32.7 Å². The minimum atomic E-state index is -0.330. The summed E-state index contributed by atoms with van der Waals surface area (Å²) >= 11 is 0. The Bertz CT molecular complexity index is 666. The highest BCUT2D eigenvalue weighted by Crippen LogP contribution is 2.04. The number of hydrogen-bond donors (Lipinski definition) is 3. The maximum atomic E-state index is 11.6. The predicted molar refractivity (Wildman–Crippen MR) is 74.6 cm³/mol. The van der Waals surface area contributed by atoms with Gasteiger partial charge in [0, 0.05) is 24.6 Å². The van der Waals surface area contributed by atoms with Gasteiger partial charge in [-0.2, -0.15) is 5.10 Å². The fourth-order valence-corrected chi connectivity index (χ4v) is 1.69. The minimum Gasteiger partial charge on any atom is -0.369 e. The van der Waals surface area contributed by atoms with Crippen molar-refractivity contribution in [3.8, 4) is 0 Å². The largest absolute Gasteiger partial charge is 0.369 e. The first-order valence-electron chi connectivity index (χ1n) is 6.33. The molecule has 2 aromatic heterocycles. The predicted octanol–water partition coefficient (Wildman–Crippen LogP) is 0.134. The Morgan fingerprint density at radius 3 is 2.90 bits per heavy atom. The molecule has 108 valence electrons. The maximum Gasteiger partial charge on any atom is 0.348 e. The summed E-state index contributed by atoms with van der Waals surface area (Å²) in [5, 5.41) is 12.1. The summed E-state index contributed by atoms with van der Waals surface area (Å²) in [6.45, 7) is 6.26. The molecular formula is C12H18N6O2. The zero-order chi connectivity index (χ0) is 14.8. The van der Waals surface area contributed by atoms with Gasteiger partial charge < -0.3 is 10.6 Å². The van der Waals surface area contributed by atoms with Crippen molar-refractivity contribution in [1.29, 1.82) is 0 Å². The number of carbonyl (C=O) groups excluding carboxylic acids is 1. The topological polar surface area (TPSA) is 104 Å². The van der Waals surface area contributed by atoms with Gasteiger partial charge in [-0.3, -0.25) is 4.79 Å². The lowest BCUT2D eigenvalue weighted by atomic mass is 10.1. The Morgan fingerprint density at radius 2 is 2.20 bits per heavy atom. The molecule has 0 saturated heterocycles. The molecule has 0 aliphatic carbocycles. The lowest BCUT2D eigenvalue weighted by molar-refractivity contribution is -0.122. The highest BCUT2D eigenvalue weighted by atomic mass is 16.2. The van der Waals surface area contributed by atoms with E-state index in [9.17, 15) is 9.59 Å². The van der Waals surface area contributed by atoms with Gasteiger partial charge in [0.05, 0.1) is 0 Å². The molecule has 1 amide bonds. The van der Waals surface area contributed by atoms with Crippen LogP contribution in [-0.2, 0) is 4.79 Å². The smallest absolute Gasteiger partial charge is 0.348 e. The highest BCUT2D eigenvalue weighted by Gasteiger charge is 2.13. The van der Waals surface area contributed by atoms with Crippen LogP contribution in [0, 0.1) is 0 Å². The second kappa shape index (κ2) is 5.32. The maximum absolute atomic E-state index is 11.6. The molecule has 0 aliphatic heterocycles. The van der Waals surface area contributed by atoms with Crippen LogP contribution in [0.3, 0.4) is 0 Å². The quantitative estimate of drug-likeness (QED) is 0.737. The zero-order valence-corrected chi connectivity index (χ0v) is 11.7. The molecule has 0 aromatic carbocycles. The first-order valence-corrected chi connectivity index (χ1v) is 6.33. The average Bonchev–Trinajstić information content (AvgIpc) is 2.68. The van der Waals surface area contributed by atoms with E-state index >= 15 is 0 Å². The van der Waals surface area contributed by atoms with Gasteiger partial charge in [0.25, 0.3) is 0 Å². The lowest BCUT2D eigenvalue weighted by Gasteiger charge is -2.20. The molecule has 8 nitrogen and oxygen atoms in total. The fourth-order valence-electron chi connectivity index (χ4n) is 1.69. The van der Waals surface area contributed by atoms with Gasteiger partial charge in [-0.15, -0.1) is 0 Å². The SMILES string of the molecule is CC(C)(C)NC(=O)CCNc1cc2n[nH]c(=O)n2cn1. The first-order chi connectivity index (χ1) is 9.35. The molecule has 0 atom stereocenters. The summed E-state index contributed by atoms with van der Waals surface area (Å²) in [6.07, 6.45) is 1.73. The average molecular weight is 278 g/mol. The van der Waals surface area contributed by atoms with Crippen LogP contribution in [-0.4, -0.2) is 37.6 Å². The van der Waals surface area contributed by atoms with Crippen molar-refractivity contribution in [3.05, 3.63) is 22.9 Å². The van der Waals surface area contributed by atoms with Crippen LogP contribution in [0.4, 0.5) is 5.82 Å². The number of aromatic amines is 1. The number of fused-ring (bicyclic) bond motifs is 1. The van der Waals surface area contributed by atoms with E-state index < -0.39 is 0 Å². The monoisotopic (exact) mass is 278 g/mol. The molecule has 20 heavy (non-hydrogen) atoms. The molecule has 2 rings (SSSR count). The Balaban J connectivity index is 1.90. The Labute approximate surface area is 115 Å². The molecule has 3 N–H and O–H groups in total. The summed E-state index contributed by atoms with van der Waals surface area (Å²) < 4.78 is 1.30. The van der Waals surface area contributed by atoms with Gasteiger partial charge in [0.1, 0.15) is 12.1 Å². The van der Waals surface area contributed by atoms with E-state index in [4.69, 9.17) is 0 Å². The van der Waals surface area contributed by atoms with Crippen molar-refractivity contribution in [3.63, 3.8) is 0 Å². The van der Waals surface area contributed by atoms with Crippen LogP contribution in [0.15, 0.2) is 17.2 Å². The summed E-state index contributed by atoms with van der Waals surface area (Å²) in [5.74, 6) is 0.544. The van der Waals surface area contributed by atoms with Crippen LogP contribution in [0.5, 0.6) is 0 Å². The van der Waals surface area contributed by atoms with Gasteiger partial charge in [-0.25, -0.2) is 19.3 Å². The van der Waals surface area contributed by atoms with Crippen LogP contribution < -0.4 is 16.3 Å². The summed E-state index contributed by atoms with van der Waals surface area (Å²) in [5.41, 5.74) is -0.0833. The van der Waals surface area contributed by atoms with Crippen LogP contribution in [0.2, 0.25) is 0 Å². The van der Waals surface area contributed by atoms with Gasteiger partial charge >= 0.3 is 5.69 Å². The molecule has 0 unspecified atom stereocenters. The molecule has 0 bridgehead atoms. The number of nitrogens with one attached hydrogen (secondary N) is 3. The second-order valence-electron chi connectivity index (χ2n) is 5.51. The Kier molecular flexibility index (Phi) is 3.73. The van der Waals surface area contributed by atoms with Gasteiger partial charge in [-0.05, 0) is 20.8 Å². The van der Waals surface area contributed by atoms with Crippen LogP contribution in [0.25, 0.3) is 5.65 Å². The van der Waals surface area contributed by atoms with Crippen molar-refractivity contribution in [2.24, 2.45) is 0 Å². The summed E-state index contributed by atoms with van der Waals surface area (Å²) in [6, 6.07) is 1.64. The standard InChI is InChI=1S/C12H18N6O2/c1-12(2,3)15-10(19)4-5-13-8-6-9-16-17-11(20)18(9)7-14-8/h6-7,13H,4-5H2,1-3H3,(H,15,19)(H,17,20). The number of hydrogen-bond acceptors (Lipinski definition) is 5. The highest BCUT2D eigenvalue weighted by molar-refractivity contribution is 5.77. The molecule has 8 heteroatoms. The van der Waals surface area contributed by atoms with E-state index in [2.05, 4.69) is 25.8 Å². The molecule has 0 radical (unpaired) electrons. The van der Waals surface area contributed by atoms with E-state index in [1.807, 2.05) is 20.8 Å². The Morgan fingerprint density at radius 1 is 1.45 bits per heavy atom. The van der Waals surface area contributed by atoms with E-state index in [1.165, 1.54) is 10.7 Å². The van der Waals surface area contributed by atoms with Crippen molar-refractivity contribution in [2.75, 3.05) is 11.9 Å². The Hall–Kier alpha value is -2.38. The number of carbonyl (C=O) groups is 1. The first kappa shape index (κ1) is 14.0. The van der Waals surface area contributed by atoms with Gasteiger partial charge in [0.2, 0.25) is 5.91 Å². The molecule has 2 heterocycles. The number of anilines is 1. The molecular weight excluding hydrogens is 260 g/mol. The fraction of sp³-hybridized carbons (Fsp3) is 0.500. The van der Waals surface area contributed by atoms with E-state index in [1.54, 1.807) is 6.07 Å². The number of aromatic nitrogens is 4. The number of rotatable bonds is 4. The third-order valence-corrected chi connectivity index (χ3v) is 2.48. The zero-order valence-electron chi connectivity index (χ0n) is 11.7. The normalized spacial score (nSPS) is 11.6. The molecule has 2 aromatic rings. The minimum absolute atomic E-state index is 0.0259. The molecule has 0 aliphatic rings. The number of H-pyrrole nitrogens is 1. The van der Waals surface area contributed by atoms with Crippen molar-refractivity contribution in [1.82, 2.24) is 24.9 Å². The number of nitrogens with zero attached hydrogens (tertiary/aromatic N) is 3. The molecule has 0 spiro atoms. The number of amides is 1. The summed E-state index contributed by atoms with van der Waals surface area (Å²) in [4.78, 5) is 27.0. The second-order valence-corrected chi connectivity index (χ2v) is 5.51. The van der Waals surface area contributed by atoms with Crippen LogP contribution in [0.1, 0.15) is 27.2 Å². The molecule has 0 fully saturated rings. The van der Waals surface area contributed by atoms with E-state index in [0.717, 1.165) is 0 Å². The third kappa shape index (κ3) is 3.56. The van der Waals surface area contributed by atoms with Crippen LogP contribution >= 0.6 is 0 Å². The van der Waals surface area contributed by atoms with E-state index in [0.29, 0.717) is 24.4 Å². The van der Waals surface area contributed by atoms with E-state index in [-0.39, 0.29) is 17.1 Å².